The van der Waals surface area contributed by atoms with E-state index in [0.29, 0.717) is 25.3 Å². The summed E-state index contributed by atoms with van der Waals surface area (Å²) in [6, 6.07) is 7.62. The molecule has 1 aliphatic rings. The lowest BCUT2D eigenvalue weighted by Crippen LogP contribution is -2.39. The summed E-state index contributed by atoms with van der Waals surface area (Å²) in [4.78, 5) is 25.8. The van der Waals surface area contributed by atoms with Crippen molar-refractivity contribution in [3.8, 4) is 0 Å². The molecule has 1 aromatic carbocycles. The third-order valence-electron chi connectivity index (χ3n) is 2.86. The maximum absolute atomic E-state index is 11.3. The lowest BCUT2D eigenvalue weighted by atomic mass is 10.1. The molecule has 0 aromatic heterocycles. The Labute approximate surface area is 128 Å². The molecular weight excluding hydrogens is 282 g/mol. The molecule has 22 heavy (non-hydrogen) atoms. The first-order valence-corrected chi connectivity index (χ1v) is 6.91. The monoisotopic (exact) mass is 299 g/mol. The van der Waals surface area contributed by atoms with Gasteiger partial charge in [0.2, 0.25) is 11.9 Å². The van der Waals surface area contributed by atoms with Crippen LogP contribution in [0.2, 0.25) is 0 Å². The Bertz CT molecular complexity index is 648. The van der Waals surface area contributed by atoms with Gasteiger partial charge in [0.1, 0.15) is 0 Å². The van der Waals surface area contributed by atoms with E-state index in [1.165, 1.54) is 0 Å². The number of aliphatic carboxylic acids is 1. The number of anilines is 1. The number of hydrogen-bond donors (Lipinski definition) is 3. The van der Waals surface area contributed by atoms with Gasteiger partial charge in [0.25, 0.3) is 0 Å². The van der Waals surface area contributed by atoms with Gasteiger partial charge in [-0.25, -0.2) is 4.79 Å². The number of benzene rings is 1. The molecule has 6 heteroatoms. The van der Waals surface area contributed by atoms with E-state index in [4.69, 9.17) is 5.11 Å². The lowest BCUT2D eigenvalue weighted by molar-refractivity contribution is -0.131. The summed E-state index contributed by atoms with van der Waals surface area (Å²) in [5.41, 5.74) is 1.79. The second kappa shape index (κ2) is 7.78. The highest BCUT2D eigenvalue weighted by molar-refractivity contribution is 6.05. The Morgan fingerprint density at radius 3 is 3.05 bits per heavy atom. The zero-order valence-corrected chi connectivity index (χ0v) is 12.0. The van der Waals surface area contributed by atoms with Gasteiger partial charge >= 0.3 is 5.97 Å². The molecule has 0 bridgehead atoms. The highest BCUT2D eigenvalue weighted by atomic mass is 16.4. The Balaban J connectivity index is 1.95. The van der Waals surface area contributed by atoms with E-state index in [0.717, 1.165) is 17.3 Å². The van der Waals surface area contributed by atoms with Crippen molar-refractivity contribution in [1.82, 2.24) is 5.32 Å². The van der Waals surface area contributed by atoms with E-state index in [-0.39, 0.29) is 5.91 Å². The molecular formula is C16H17N3O3. The average molecular weight is 299 g/mol. The van der Waals surface area contributed by atoms with Crippen LogP contribution in [0.3, 0.4) is 0 Å². The van der Waals surface area contributed by atoms with Gasteiger partial charge in [-0.15, -0.1) is 0 Å². The number of carbonyl (C=O) groups is 2. The zero-order chi connectivity index (χ0) is 15.8. The second-order valence-corrected chi connectivity index (χ2v) is 4.66. The zero-order valence-electron chi connectivity index (χ0n) is 12.0. The van der Waals surface area contributed by atoms with Crippen LogP contribution in [0.1, 0.15) is 18.4 Å². The number of nitrogens with zero attached hydrogens (tertiary/aromatic N) is 1. The second-order valence-electron chi connectivity index (χ2n) is 4.66. The van der Waals surface area contributed by atoms with Crippen LogP contribution in [0.4, 0.5) is 5.69 Å². The first kappa shape index (κ1) is 15.5. The number of guanidine groups is 1. The van der Waals surface area contributed by atoms with E-state index in [9.17, 15) is 9.59 Å². The van der Waals surface area contributed by atoms with Gasteiger partial charge in [-0.1, -0.05) is 30.4 Å². The van der Waals surface area contributed by atoms with Crippen LogP contribution in [0.5, 0.6) is 0 Å². The Morgan fingerprint density at radius 2 is 2.27 bits per heavy atom. The Hall–Kier alpha value is -2.89. The van der Waals surface area contributed by atoms with Crippen molar-refractivity contribution in [3.05, 3.63) is 48.1 Å². The molecule has 1 aromatic rings. The van der Waals surface area contributed by atoms with Crippen molar-refractivity contribution in [2.75, 3.05) is 11.9 Å². The van der Waals surface area contributed by atoms with Crippen LogP contribution in [0, 0.1) is 0 Å². The minimum absolute atomic E-state index is 0.0428. The fourth-order valence-electron chi connectivity index (χ4n) is 1.88. The Morgan fingerprint density at radius 1 is 1.41 bits per heavy atom. The van der Waals surface area contributed by atoms with Crippen LogP contribution >= 0.6 is 0 Å². The molecule has 0 saturated carbocycles. The van der Waals surface area contributed by atoms with E-state index >= 15 is 0 Å². The topological polar surface area (TPSA) is 90.8 Å². The van der Waals surface area contributed by atoms with Crippen molar-refractivity contribution in [2.45, 2.75) is 12.8 Å². The third-order valence-corrected chi connectivity index (χ3v) is 2.86. The summed E-state index contributed by atoms with van der Waals surface area (Å²) < 4.78 is 0. The van der Waals surface area contributed by atoms with Gasteiger partial charge in [-0.05, 0) is 24.1 Å². The first-order chi connectivity index (χ1) is 10.6. The highest BCUT2D eigenvalue weighted by Crippen LogP contribution is 2.12. The van der Waals surface area contributed by atoms with Crippen LogP contribution in [0.15, 0.2) is 47.5 Å². The van der Waals surface area contributed by atoms with E-state index in [1.807, 2.05) is 36.4 Å². The number of allylic oxidation sites excluding steroid dienone is 2. The summed E-state index contributed by atoms with van der Waals surface area (Å²) in [5.74, 6) is -0.532. The van der Waals surface area contributed by atoms with Crippen LogP contribution in [0.25, 0.3) is 6.08 Å². The number of amides is 1. The molecule has 114 valence electrons. The summed E-state index contributed by atoms with van der Waals surface area (Å²) in [6.07, 6.45) is 7.43. The SMILES string of the molecule is O=C(O)/C=C/C/C=C/c1cccc(NC2=NCCC(=O)N2)c1. The smallest absolute Gasteiger partial charge is 0.327 e. The quantitative estimate of drug-likeness (QED) is 0.725. The predicted octanol–water partition coefficient (Wildman–Crippen LogP) is 2.02. The Kier molecular flexibility index (Phi) is 5.48. The van der Waals surface area contributed by atoms with Crippen molar-refractivity contribution in [1.29, 1.82) is 0 Å². The molecule has 3 N–H and O–H groups in total. The first-order valence-electron chi connectivity index (χ1n) is 6.91. The number of hydrogen-bond acceptors (Lipinski definition) is 4. The summed E-state index contributed by atoms with van der Waals surface area (Å²) in [7, 11) is 0. The molecule has 6 nitrogen and oxygen atoms in total. The molecule has 0 aliphatic carbocycles. The molecule has 0 radical (unpaired) electrons. The van der Waals surface area contributed by atoms with Gasteiger partial charge in [-0.3, -0.25) is 15.1 Å². The normalized spacial score (nSPS) is 14.9. The maximum atomic E-state index is 11.3. The fourth-order valence-corrected chi connectivity index (χ4v) is 1.88. The molecule has 0 fully saturated rings. The van der Waals surface area contributed by atoms with Crippen LogP contribution < -0.4 is 10.6 Å². The number of nitrogens with one attached hydrogen (secondary N) is 2. The number of carbonyl (C=O) groups excluding carboxylic acids is 1. The molecule has 0 spiro atoms. The number of carboxylic acid groups (broad SMARTS) is 1. The molecule has 1 amide bonds. The van der Waals surface area contributed by atoms with E-state index in [2.05, 4.69) is 15.6 Å². The number of rotatable bonds is 5. The largest absolute Gasteiger partial charge is 0.478 e. The number of aliphatic imine (C=N–C) groups is 1. The fraction of sp³-hybridized carbons (Fsp3) is 0.188. The van der Waals surface area contributed by atoms with Crippen LogP contribution in [-0.2, 0) is 9.59 Å². The summed E-state index contributed by atoms with van der Waals surface area (Å²) in [6.45, 7) is 0.490. The molecule has 1 aliphatic heterocycles. The molecule has 0 saturated heterocycles. The van der Waals surface area contributed by atoms with Gasteiger partial charge in [0.05, 0.1) is 6.54 Å². The van der Waals surface area contributed by atoms with E-state index < -0.39 is 5.97 Å². The molecule has 0 atom stereocenters. The van der Waals surface area contributed by atoms with Crippen molar-refractivity contribution in [2.24, 2.45) is 4.99 Å². The van der Waals surface area contributed by atoms with E-state index in [1.54, 1.807) is 6.08 Å². The van der Waals surface area contributed by atoms with Crippen molar-refractivity contribution in [3.63, 3.8) is 0 Å². The van der Waals surface area contributed by atoms with Crippen molar-refractivity contribution >= 4 is 29.6 Å². The van der Waals surface area contributed by atoms with Gasteiger partial charge < -0.3 is 10.4 Å². The predicted molar refractivity (Wildman–Crippen MR) is 85.6 cm³/mol. The summed E-state index contributed by atoms with van der Waals surface area (Å²) in [5, 5.41) is 14.2. The van der Waals surface area contributed by atoms with Crippen LogP contribution in [-0.4, -0.2) is 29.5 Å². The van der Waals surface area contributed by atoms with Crippen molar-refractivity contribution < 1.29 is 14.7 Å². The standard InChI is InChI=1S/C16H17N3O3/c20-14-9-10-17-16(19-14)18-13-7-4-6-12(11-13)5-2-1-3-8-15(21)22/h2-8,11H,1,9-10H2,(H,21,22)(H2,17,18,19,20)/b5-2+,8-3+. The lowest BCUT2D eigenvalue weighted by Gasteiger charge is -2.15. The molecule has 2 rings (SSSR count). The maximum Gasteiger partial charge on any atom is 0.327 e. The highest BCUT2D eigenvalue weighted by Gasteiger charge is 2.10. The molecule has 1 heterocycles. The van der Waals surface area contributed by atoms with Gasteiger partial charge in [0.15, 0.2) is 0 Å². The minimum Gasteiger partial charge on any atom is -0.478 e. The minimum atomic E-state index is -0.949. The summed E-state index contributed by atoms with van der Waals surface area (Å²) >= 11 is 0. The average Bonchev–Trinajstić information content (AvgIpc) is 2.47. The van der Waals surface area contributed by atoms with Gasteiger partial charge in [-0.2, -0.15) is 0 Å². The molecule has 0 unspecified atom stereocenters. The van der Waals surface area contributed by atoms with Gasteiger partial charge in [0, 0.05) is 18.2 Å². The number of carboxylic acids is 1. The third kappa shape index (κ3) is 5.24.